The van der Waals surface area contributed by atoms with Crippen molar-refractivity contribution >= 4 is 0 Å². The Bertz CT molecular complexity index is 220. The van der Waals surface area contributed by atoms with Crippen molar-refractivity contribution in [3.8, 4) is 0 Å². The molecular formula is C6H12N4. The predicted octanol–water partition coefficient (Wildman–Crippen LogP) is 0.307. The van der Waals surface area contributed by atoms with E-state index in [9.17, 15) is 0 Å². The molecule has 1 rings (SSSR count). The van der Waals surface area contributed by atoms with Crippen molar-refractivity contribution < 1.29 is 0 Å². The van der Waals surface area contributed by atoms with Gasteiger partial charge in [-0.05, 0) is 20.8 Å². The zero-order valence-corrected chi connectivity index (χ0v) is 6.47. The Kier molecular flexibility index (Phi) is 1.48. The van der Waals surface area contributed by atoms with Gasteiger partial charge in [-0.25, -0.2) is 4.98 Å². The monoisotopic (exact) mass is 140 g/mol. The molecule has 1 aromatic rings. The van der Waals surface area contributed by atoms with Gasteiger partial charge in [0.25, 0.3) is 0 Å². The van der Waals surface area contributed by atoms with Crippen molar-refractivity contribution in [2.75, 3.05) is 0 Å². The van der Waals surface area contributed by atoms with Gasteiger partial charge >= 0.3 is 0 Å². The second-order valence-corrected chi connectivity index (χ2v) is 2.97. The Morgan fingerprint density at radius 2 is 2.10 bits per heavy atom. The molecule has 3 N–H and O–H groups in total. The minimum atomic E-state index is -0.440. The lowest BCUT2D eigenvalue weighted by Gasteiger charge is -2.12. The standard InChI is InChI=1S/C6H12N4/c1-4-8-5(10-9-4)6(2,3)7/h7H2,1-3H3,(H,8,9,10). The number of aromatic nitrogens is 3. The SMILES string of the molecule is Cc1nc(C(C)(C)N)n[nH]1. The van der Waals surface area contributed by atoms with Crippen molar-refractivity contribution in [3.05, 3.63) is 11.6 Å². The van der Waals surface area contributed by atoms with Crippen LogP contribution in [0.3, 0.4) is 0 Å². The molecule has 0 radical (unpaired) electrons. The number of rotatable bonds is 1. The summed E-state index contributed by atoms with van der Waals surface area (Å²) in [5.41, 5.74) is 5.29. The average Bonchev–Trinajstić information content (AvgIpc) is 2.11. The van der Waals surface area contributed by atoms with E-state index >= 15 is 0 Å². The summed E-state index contributed by atoms with van der Waals surface area (Å²) in [7, 11) is 0. The number of aryl methyl sites for hydroxylation is 1. The highest BCUT2D eigenvalue weighted by atomic mass is 15.2. The molecule has 1 heterocycles. The molecule has 4 nitrogen and oxygen atoms in total. The summed E-state index contributed by atoms with van der Waals surface area (Å²) < 4.78 is 0. The van der Waals surface area contributed by atoms with Crippen LogP contribution in [-0.4, -0.2) is 15.2 Å². The van der Waals surface area contributed by atoms with E-state index in [2.05, 4.69) is 15.2 Å². The zero-order valence-electron chi connectivity index (χ0n) is 6.47. The molecule has 0 bridgehead atoms. The van der Waals surface area contributed by atoms with Gasteiger partial charge in [-0.2, -0.15) is 5.10 Å². The summed E-state index contributed by atoms with van der Waals surface area (Å²) in [4.78, 5) is 4.09. The van der Waals surface area contributed by atoms with E-state index in [4.69, 9.17) is 5.73 Å². The van der Waals surface area contributed by atoms with Crippen LogP contribution in [0.15, 0.2) is 0 Å². The molecule has 0 saturated heterocycles. The Morgan fingerprint density at radius 1 is 1.50 bits per heavy atom. The van der Waals surface area contributed by atoms with E-state index in [1.54, 1.807) is 0 Å². The van der Waals surface area contributed by atoms with Crippen LogP contribution in [-0.2, 0) is 5.54 Å². The molecule has 56 valence electrons. The number of H-pyrrole nitrogens is 1. The summed E-state index contributed by atoms with van der Waals surface area (Å²) in [5.74, 6) is 1.46. The van der Waals surface area contributed by atoms with Crippen molar-refractivity contribution in [2.24, 2.45) is 5.73 Å². The van der Waals surface area contributed by atoms with Crippen molar-refractivity contribution in [2.45, 2.75) is 26.3 Å². The molecule has 0 unspecified atom stereocenters. The molecule has 1 aromatic heterocycles. The van der Waals surface area contributed by atoms with Gasteiger partial charge in [-0.15, -0.1) is 0 Å². The number of aromatic amines is 1. The van der Waals surface area contributed by atoms with Gasteiger partial charge in [0.2, 0.25) is 0 Å². The first kappa shape index (κ1) is 7.21. The Morgan fingerprint density at radius 3 is 2.30 bits per heavy atom. The van der Waals surface area contributed by atoms with Crippen LogP contribution in [0.2, 0.25) is 0 Å². The highest BCUT2D eigenvalue weighted by Crippen LogP contribution is 2.09. The summed E-state index contributed by atoms with van der Waals surface area (Å²) in [6.45, 7) is 5.59. The maximum Gasteiger partial charge on any atom is 0.169 e. The average molecular weight is 140 g/mol. The fourth-order valence-corrected chi connectivity index (χ4v) is 0.631. The van der Waals surface area contributed by atoms with Crippen molar-refractivity contribution in [1.82, 2.24) is 15.2 Å². The number of hydrogen-bond acceptors (Lipinski definition) is 3. The lowest BCUT2D eigenvalue weighted by molar-refractivity contribution is 0.516. The van der Waals surface area contributed by atoms with Gasteiger partial charge in [0, 0.05) is 0 Å². The first-order valence-electron chi connectivity index (χ1n) is 3.18. The Labute approximate surface area is 59.8 Å². The van der Waals surface area contributed by atoms with Crippen LogP contribution in [0.4, 0.5) is 0 Å². The lowest BCUT2D eigenvalue weighted by atomic mass is 10.1. The first-order chi connectivity index (χ1) is 4.50. The molecule has 0 amide bonds. The van der Waals surface area contributed by atoms with Crippen LogP contribution < -0.4 is 5.73 Å². The van der Waals surface area contributed by atoms with Gasteiger partial charge in [-0.3, -0.25) is 5.10 Å². The van der Waals surface area contributed by atoms with Gasteiger partial charge in [0.15, 0.2) is 5.82 Å². The molecule has 10 heavy (non-hydrogen) atoms. The van der Waals surface area contributed by atoms with E-state index in [0.717, 1.165) is 5.82 Å². The van der Waals surface area contributed by atoms with E-state index in [-0.39, 0.29) is 0 Å². The quantitative estimate of drug-likeness (QED) is 0.589. The maximum atomic E-state index is 5.73. The van der Waals surface area contributed by atoms with E-state index in [1.165, 1.54) is 0 Å². The highest BCUT2D eigenvalue weighted by Gasteiger charge is 2.18. The maximum absolute atomic E-state index is 5.73. The highest BCUT2D eigenvalue weighted by molar-refractivity contribution is 4.99. The van der Waals surface area contributed by atoms with Crippen LogP contribution in [0.5, 0.6) is 0 Å². The lowest BCUT2D eigenvalue weighted by Crippen LogP contribution is -2.30. The molecule has 0 aliphatic carbocycles. The fraction of sp³-hybridized carbons (Fsp3) is 0.667. The second-order valence-electron chi connectivity index (χ2n) is 2.97. The van der Waals surface area contributed by atoms with Crippen molar-refractivity contribution in [1.29, 1.82) is 0 Å². The summed E-state index contributed by atoms with van der Waals surface area (Å²) in [6, 6.07) is 0. The van der Waals surface area contributed by atoms with Crippen LogP contribution >= 0.6 is 0 Å². The third kappa shape index (κ3) is 1.33. The van der Waals surface area contributed by atoms with E-state index in [1.807, 2.05) is 20.8 Å². The van der Waals surface area contributed by atoms with Crippen LogP contribution in [0.1, 0.15) is 25.5 Å². The molecule has 0 atom stereocenters. The molecule has 0 aromatic carbocycles. The Balaban J connectivity index is 2.96. The third-order valence-corrected chi connectivity index (χ3v) is 1.17. The van der Waals surface area contributed by atoms with Crippen LogP contribution in [0.25, 0.3) is 0 Å². The molecule has 0 saturated carbocycles. The first-order valence-corrected chi connectivity index (χ1v) is 3.18. The van der Waals surface area contributed by atoms with Gasteiger partial charge in [0.1, 0.15) is 5.82 Å². The normalized spacial score (nSPS) is 12.0. The summed E-state index contributed by atoms with van der Waals surface area (Å²) in [5, 5.41) is 6.66. The van der Waals surface area contributed by atoms with Crippen LogP contribution in [0, 0.1) is 6.92 Å². The smallest absolute Gasteiger partial charge is 0.169 e. The predicted molar refractivity (Wildman–Crippen MR) is 38.3 cm³/mol. The van der Waals surface area contributed by atoms with Gasteiger partial charge < -0.3 is 5.73 Å². The largest absolute Gasteiger partial charge is 0.319 e. The molecular weight excluding hydrogens is 128 g/mol. The van der Waals surface area contributed by atoms with Crippen molar-refractivity contribution in [3.63, 3.8) is 0 Å². The Hall–Kier alpha value is -0.900. The molecule has 4 heteroatoms. The topological polar surface area (TPSA) is 67.6 Å². The second kappa shape index (κ2) is 2.05. The number of hydrogen-bond donors (Lipinski definition) is 2. The number of nitrogens with two attached hydrogens (primary N) is 1. The molecule has 0 aliphatic heterocycles. The number of nitrogens with zero attached hydrogens (tertiary/aromatic N) is 2. The minimum Gasteiger partial charge on any atom is -0.319 e. The molecule has 0 spiro atoms. The summed E-state index contributed by atoms with van der Waals surface area (Å²) in [6.07, 6.45) is 0. The third-order valence-electron chi connectivity index (χ3n) is 1.17. The minimum absolute atomic E-state index is 0.440. The number of nitrogens with one attached hydrogen (secondary N) is 1. The van der Waals surface area contributed by atoms with Gasteiger partial charge in [0.05, 0.1) is 5.54 Å². The van der Waals surface area contributed by atoms with Gasteiger partial charge in [-0.1, -0.05) is 0 Å². The molecule has 0 aliphatic rings. The summed E-state index contributed by atoms with van der Waals surface area (Å²) >= 11 is 0. The fourth-order valence-electron chi connectivity index (χ4n) is 0.631. The van der Waals surface area contributed by atoms with E-state index in [0.29, 0.717) is 5.82 Å². The molecule has 0 fully saturated rings. The van der Waals surface area contributed by atoms with E-state index < -0.39 is 5.54 Å². The zero-order chi connectivity index (χ0) is 7.78.